The number of Topliss-reactive ketones (excluding diaryl/α,β-unsaturated/α-hetero) is 1. The highest BCUT2D eigenvalue weighted by atomic mass is 16.5. The summed E-state index contributed by atoms with van der Waals surface area (Å²) in [5.74, 6) is -0.513. The van der Waals surface area contributed by atoms with Gasteiger partial charge >= 0.3 is 5.97 Å². The van der Waals surface area contributed by atoms with E-state index in [1.165, 1.54) is 7.11 Å². The molecule has 2 rings (SSSR count). The SMILES string of the molecule is COC(=O)Cc1ccccc1C(=O)COCc1ccccc1. The van der Waals surface area contributed by atoms with E-state index in [2.05, 4.69) is 4.74 Å². The van der Waals surface area contributed by atoms with Crippen molar-refractivity contribution in [2.75, 3.05) is 13.7 Å². The summed E-state index contributed by atoms with van der Waals surface area (Å²) >= 11 is 0. The Morgan fingerprint density at radius 1 is 0.955 bits per heavy atom. The van der Waals surface area contributed by atoms with E-state index in [-0.39, 0.29) is 24.8 Å². The van der Waals surface area contributed by atoms with Crippen LogP contribution >= 0.6 is 0 Å². The average molecular weight is 298 g/mol. The molecule has 0 saturated carbocycles. The van der Waals surface area contributed by atoms with Crippen LogP contribution in [0.2, 0.25) is 0 Å². The second kappa shape index (κ2) is 8.10. The second-order valence-corrected chi connectivity index (χ2v) is 4.81. The Hall–Kier alpha value is -2.46. The van der Waals surface area contributed by atoms with Crippen LogP contribution in [0.25, 0.3) is 0 Å². The van der Waals surface area contributed by atoms with E-state index in [1.54, 1.807) is 24.3 Å². The van der Waals surface area contributed by atoms with Crippen LogP contribution in [-0.2, 0) is 27.3 Å². The first-order valence-electron chi connectivity index (χ1n) is 7.00. The molecule has 0 aliphatic carbocycles. The minimum atomic E-state index is -0.370. The smallest absolute Gasteiger partial charge is 0.310 e. The minimum absolute atomic E-state index is 0.0208. The van der Waals surface area contributed by atoms with Crippen molar-refractivity contribution in [1.82, 2.24) is 0 Å². The number of ether oxygens (including phenoxy) is 2. The summed E-state index contributed by atoms with van der Waals surface area (Å²) in [6.07, 6.45) is 0.0805. The molecule has 0 radical (unpaired) electrons. The third-order valence-corrected chi connectivity index (χ3v) is 3.22. The molecule has 0 aliphatic heterocycles. The highest BCUT2D eigenvalue weighted by molar-refractivity contribution is 5.99. The lowest BCUT2D eigenvalue weighted by atomic mass is 10.0. The van der Waals surface area contributed by atoms with E-state index in [0.29, 0.717) is 17.7 Å². The van der Waals surface area contributed by atoms with E-state index in [1.807, 2.05) is 30.3 Å². The Morgan fingerprint density at radius 3 is 2.36 bits per heavy atom. The maximum Gasteiger partial charge on any atom is 0.310 e. The second-order valence-electron chi connectivity index (χ2n) is 4.81. The van der Waals surface area contributed by atoms with E-state index in [4.69, 9.17) is 4.74 Å². The van der Waals surface area contributed by atoms with Crippen LogP contribution < -0.4 is 0 Å². The molecule has 0 fully saturated rings. The van der Waals surface area contributed by atoms with Gasteiger partial charge in [0, 0.05) is 5.56 Å². The van der Waals surface area contributed by atoms with Gasteiger partial charge in [-0.2, -0.15) is 0 Å². The Bertz CT molecular complexity index is 635. The van der Waals surface area contributed by atoms with Gasteiger partial charge in [0.05, 0.1) is 20.1 Å². The fourth-order valence-electron chi connectivity index (χ4n) is 2.09. The molecule has 0 spiro atoms. The molecule has 0 amide bonds. The van der Waals surface area contributed by atoms with Crippen LogP contribution in [0.4, 0.5) is 0 Å². The van der Waals surface area contributed by atoms with Crippen molar-refractivity contribution >= 4 is 11.8 Å². The molecule has 0 atom stereocenters. The zero-order valence-electron chi connectivity index (χ0n) is 12.5. The number of carbonyl (C=O) groups is 2. The van der Waals surface area contributed by atoms with Crippen molar-refractivity contribution < 1.29 is 19.1 Å². The summed E-state index contributed by atoms with van der Waals surface area (Å²) in [6.45, 7) is 0.360. The molecule has 0 unspecified atom stereocenters. The fraction of sp³-hybridized carbons (Fsp3) is 0.222. The summed E-state index contributed by atoms with van der Waals surface area (Å²) in [7, 11) is 1.33. The lowest BCUT2D eigenvalue weighted by Gasteiger charge is -2.08. The predicted octanol–water partition coefficient (Wildman–Crippen LogP) is 2.80. The average Bonchev–Trinajstić information content (AvgIpc) is 2.56. The quantitative estimate of drug-likeness (QED) is 0.582. The van der Waals surface area contributed by atoms with Gasteiger partial charge in [0.15, 0.2) is 5.78 Å². The topological polar surface area (TPSA) is 52.6 Å². The maximum atomic E-state index is 12.2. The molecule has 0 saturated heterocycles. The van der Waals surface area contributed by atoms with Gasteiger partial charge in [-0.05, 0) is 11.1 Å². The Kier molecular flexibility index (Phi) is 5.86. The zero-order chi connectivity index (χ0) is 15.8. The number of rotatable bonds is 7. The van der Waals surface area contributed by atoms with Gasteiger partial charge in [0.25, 0.3) is 0 Å². The van der Waals surface area contributed by atoms with Crippen LogP contribution in [0.5, 0.6) is 0 Å². The van der Waals surface area contributed by atoms with Crippen molar-refractivity contribution in [2.45, 2.75) is 13.0 Å². The van der Waals surface area contributed by atoms with E-state index >= 15 is 0 Å². The van der Waals surface area contributed by atoms with Gasteiger partial charge in [0.1, 0.15) is 6.61 Å². The molecule has 2 aromatic rings. The normalized spacial score (nSPS) is 10.2. The number of esters is 1. The molecule has 0 aliphatic rings. The number of carbonyl (C=O) groups excluding carboxylic acids is 2. The van der Waals surface area contributed by atoms with Crippen LogP contribution in [0.3, 0.4) is 0 Å². The van der Waals surface area contributed by atoms with E-state index in [0.717, 1.165) is 5.56 Å². The van der Waals surface area contributed by atoms with Crippen molar-refractivity contribution in [3.63, 3.8) is 0 Å². The third kappa shape index (κ3) is 4.53. The van der Waals surface area contributed by atoms with Crippen LogP contribution in [-0.4, -0.2) is 25.5 Å². The number of ketones is 1. The van der Waals surface area contributed by atoms with Crippen LogP contribution in [0, 0.1) is 0 Å². The Balaban J connectivity index is 1.96. The Labute approximate surface area is 129 Å². The Morgan fingerprint density at radius 2 is 1.64 bits per heavy atom. The first kappa shape index (κ1) is 15.9. The number of hydrogen-bond donors (Lipinski definition) is 0. The lowest BCUT2D eigenvalue weighted by molar-refractivity contribution is -0.139. The highest BCUT2D eigenvalue weighted by Gasteiger charge is 2.14. The van der Waals surface area contributed by atoms with E-state index < -0.39 is 0 Å². The number of methoxy groups -OCH3 is 1. The lowest BCUT2D eigenvalue weighted by Crippen LogP contribution is -2.14. The molecule has 4 heteroatoms. The first-order chi connectivity index (χ1) is 10.7. The predicted molar refractivity (Wildman–Crippen MR) is 82.6 cm³/mol. The molecule has 114 valence electrons. The maximum absolute atomic E-state index is 12.2. The summed E-state index contributed by atoms with van der Waals surface area (Å²) in [5, 5.41) is 0. The van der Waals surface area contributed by atoms with Crippen molar-refractivity contribution in [2.24, 2.45) is 0 Å². The van der Waals surface area contributed by atoms with Gasteiger partial charge in [-0.1, -0.05) is 54.6 Å². The molecule has 0 heterocycles. The molecule has 2 aromatic carbocycles. The van der Waals surface area contributed by atoms with Crippen LogP contribution in [0.15, 0.2) is 54.6 Å². The van der Waals surface area contributed by atoms with Crippen LogP contribution in [0.1, 0.15) is 21.5 Å². The molecule has 4 nitrogen and oxygen atoms in total. The first-order valence-corrected chi connectivity index (χ1v) is 7.00. The van der Waals surface area contributed by atoms with Gasteiger partial charge in [-0.15, -0.1) is 0 Å². The van der Waals surface area contributed by atoms with Crippen molar-refractivity contribution in [3.05, 3.63) is 71.3 Å². The fourth-order valence-corrected chi connectivity index (χ4v) is 2.09. The summed E-state index contributed by atoms with van der Waals surface area (Å²) in [4.78, 5) is 23.6. The number of hydrogen-bond acceptors (Lipinski definition) is 4. The molecule has 0 bridgehead atoms. The van der Waals surface area contributed by atoms with E-state index in [9.17, 15) is 9.59 Å². The summed E-state index contributed by atoms with van der Waals surface area (Å²) < 4.78 is 10.1. The highest BCUT2D eigenvalue weighted by Crippen LogP contribution is 2.12. The number of benzene rings is 2. The molecule has 0 N–H and O–H groups in total. The van der Waals surface area contributed by atoms with Gasteiger partial charge in [-0.3, -0.25) is 9.59 Å². The molecular formula is C18H18O4. The zero-order valence-corrected chi connectivity index (χ0v) is 12.5. The third-order valence-electron chi connectivity index (χ3n) is 3.22. The molecular weight excluding hydrogens is 280 g/mol. The summed E-state index contributed by atoms with van der Waals surface area (Å²) in [5.41, 5.74) is 2.17. The minimum Gasteiger partial charge on any atom is -0.469 e. The summed E-state index contributed by atoms with van der Waals surface area (Å²) in [6, 6.07) is 16.7. The monoisotopic (exact) mass is 298 g/mol. The molecule has 22 heavy (non-hydrogen) atoms. The van der Waals surface area contributed by atoms with Gasteiger partial charge < -0.3 is 9.47 Å². The largest absolute Gasteiger partial charge is 0.469 e. The van der Waals surface area contributed by atoms with Crippen molar-refractivity contribution in [3.8, 4) is 0 Å². The van der Waals surface area contributed by atoms with Gasteiger partial charge in [0.2, 0.25) is 0 Å². The van der Waals surface area contributed by atoms with Gasteiger partial charge in [-0.25, -0.2) is 0 Å². The van der Waals surface area contributed by atoms with Crippen molar-refractivity contribution in [1.29, 1.82) is 0 Å². The standard InChI is InChI=1S/C18H18O4/c1-21-18(20)11-15-9-5-6-10-16(15)17(19)13-22-12-14-7-3-2-4-8-14/h2-10H,11-13H2,1H3. The molecule has 0 aromatic heterocycles.